The van der Waals surface area contributed by atoms with Crippen LogP contribution in [0.15, 0.2) is 34.9 Å². The predicted octanol–water partition coefficient (Wildman–Crippen LogP) is 4.79. The number of rotatable bonds is 1. The van der Waals surface area contributed by atoms with Crippen molar-refractivity contribution in [3.05, 3.63) is 34.9 Å². The van der Waals surface area contributed by atoms with Gasteiger partial charge in [0.2, 0.25) is 0 Å². The Bertz CT molecular complexity index is 329. The summed E-state index contributed by atoms with van der Waals surface area (Å²) in [6.07, 6.45) is 14.0. The summed E-state index contributed by atoms with van der Waals surface area (Å²) >= 11 is 0. The minimum atomic E-state index is 0.464. The molecule has 0 nitrogen and oxygen atoms in total. The van der Waals surface area contributed by atoms with E-state index in [0.29, 0.717) is 5.41 Å². The van der Waals surface area contributed by atoms with Crippen molar-refractivity contribution in [2.24, 2.45) is 5.41 Å². The molecule has 1 saturated carbocycles. The van der Waals surface area contributed by atoms with E-state index in [1.165, 1.54) is 43.3 Å². The van der Waals surface area contributed by atoms with Crippen LogP contribution in [0.25, 0.3) is 0 Å². The van der Waals surface area contributed by atoms with E-state index in [9.17, 15) is 0 Å². The van der Waals surface area contributed by atoms with Crippen LogP contribution < -0.4 is 0 Å². The number of allylic oxidation sites excluding steroid dienone is 6. The van der Waals surface area contributed by atoms with E-state index in [2.05, 4.69) is 39.0 Å². The van der Waals surface area contributed by atoms with Crippen LogP contribution in [0, 0.1) is 5.41 Å². The van der Waals surface area contributed by atoms with E-state index in [1.54, 1.807) is 5.57 Å². The summed E-state index contributed by atoms with van der Waals surface area (Å²) in [5.74, 6) is 0. The highest BCUT2D eigenvalue weighted by atomic mass is 14.3. The number of hydrogen-bond donors (Lipinski definition) is 0. The average molecular weight is 202 g/mol. The first-order chi connectivity index (χ1) is 7.12. The maximum atomic E-state index is 2.44. The molecule has 0 aromatic heterocycles. The van der Waals surface area contributed by atoms with Gasteiger partial charge in [-0.3, -0.25) is 0 Å². The van der Waals surface area contributed by atoms with Gasteiger partial charge in [0.1, 0.15) is 0 Å². The molecule has 1 fully saturated rings. The van der Waals surface area contributed by atoms with Gasteiger partial charge in [-0.25, -0.2) is 0 Å². The van der Waals surface area contributed by atoms with E-state index in [-0.39, 0.29) is 0 Å². The van der Waals surface area contributed by atoms with Crippen LogP contribution in [0.5, 0.6) is 0 Å². The lowest BCUT2D eigenvalue weighted by molar-refractivity contribution is 0.273. The SMILES string of the molecule is CC(C)=C1C=CC(C2(C)CCCCC2)=C1. The predicted molar refractivity (Wildman–Crippen MR) is 66.8 cm³/mol. The van der Waals surface area contributed by atoms with Gasteiger partial charge in [0.15, 0.2) is 0 Å². The molecule has 2 aliphatic rings. The van der Waals surface area contributed by atoms with Crippen LogP contribution in [-0.2, 0) is 0 Å². The summed E-state index contributed by atoms with van der Waals surface area (Å²) in [6.45, 7) is 6.83. The fourth-order valence-electron chi connectivity index (χ4n) is 2.75. The smallest absolute Gasteiger partial charge is 0.00750 e. The lowest BCUT2D eigenvalue weighted by atomic mass is 9.71. The summed E-state index contributed by atoms with van der Waals surface area (Å²) < 4.78 is 0. The van der Waals surface area contributed by atoms with Gasteiger partial charge in [0.25, 0.3) is 0 Å². The molecule has 15 heavy (non-hydrogen) atoms. The Morgan fingerprint density at radius 3 is 2.27 bits per heavy atom. The molecule has 0 bridgehead atoms. The summed E-state index contributed by atoms with van der Waals surface area (Å²) in [4.78, 5) is 0. The topological polar surface area (TPSA) is 0 Å². The fourth-order valence-corrected chi connectivity index (χ4v) is 2.75. The van der Waals surface area contributed by atoms with Crippen molar-refractivity contribution < 1.29 is 0 Å². The van der Waals surface area contributed by atoms with E-state index in [4.69, 9.17) is 0 Å². The zero-order chi connectivity index (χ0) is 10.9. The summed E-state index contributed by atoms with van der Waals surface area (Å²) in [5.41, 5.74) is 4.89. The highest BCUT2D eigenvalue weighted by Gasteiger charge is 2.30. The third-order valence-electron chi connectivity index (χ3n) is 3.98. The van der Waals surface area contributed by atoms with Crippen LogP contribution in [0.2, 0.25) is 0 Å². The molecule has 0 saturated heterocycles. The van der Waals surface area contributed by atoms with Gasteiger partial charge < -0.3 is 0 Å². The first-order valence-corrected chi connectivity index (χ1v) is 6.20. The van der Waals surface area contributed by atoms with Crippen molar-refractivity contribution in [1.82, 2.24) is 0 Å². The Balaban J connectivity index is 2.22. The molecule has 0 N–H and O–H groups in total. The molecule has 0 spiro atoms. The van der Waals surface area contributed by atoms with E-state index < -0.39 is 0 Å². The second-order valence-corrected chi connectivity index (χ2v) is 5.51. The molecular formula is C15H22. The molecule has 82 valence electrons. The summed E-state index contributed by atoms with van der Waals surface area (Å²) in [6, 6.07) is 0. The Morgan fingerprint density at radius 2 is 1.73 bits per heavy atom. The minimum Gasteiger partial charge on any atom is -0.0692 e. The molecule has 0 aromatic carbocycles. The van der Waals surface area contributed by atoms with Crippen LogP contribution in [0.4, 0.5) is 0 Å². The summed E-state index contributed by atoms with van der Waals surface area (Å²) in [5, 5.41) is 0. The monoisotopic (exact) mass is 202 g/mol. The molecule has 0 aliphatic heterocycles. The Labute approximate surface area is 93.8 Å². The first-order valence-electron chi connectivity index (χ1n) is 6.20. The van der Waals surface area contributed by atoms with E-state index in [0.717, 1.165) is 0 Å². The fraction of sp³-hybridized carbons (Fsp3) is 0.600. The second-order valence-electron chi connectivity index (χ2n) is 5.51. The third-order valence-corrected chi connectivity index (χ3v) is 3.98. The van der Waals surface area contributed by atoms with E-state index in [1.807, 2.05) is 0 Å². The highest BCUT2D eigenvalue weighted by Crippen LogP contribution is 2.44. The van der Waals surface area contributed by atoms with Crippen molar-refractivity contribution in [1.29, 1.82) is 0 Å². The maximum Gasteiger partial charge on any atom is -0.00750 e. The molecule has 0 aromatic rings. The van der Waals surface area contributed by atoms with Crippen molar-refractivity contribution >= 4 is 0 Å². The van der Waals surface area contributed by atoms with Crippen molar-refractivity contribution in [3.8, 4) is 0 Å². The quantitative estimate of drug-likeness (QED) is 0.573. The lowest BCUT2D eigenvalue weighted by Crippen LogP contribution is -2.21. The van der Waals surface area contributed by atoms with Gasteiger partial charge in [-0.1, -0.05) is 50.0 Å². The van der Waals surface area contributed by atoms with Gasteiger partial charge in [-0.05, 0) is 43.3 Å². The third kappa shape index (κ3) is 2.09. The molecule has 0 atom stereocenters. The largest absolute Gasteiger partial charge is 0.0692 e. The molecule has 0 amide bonds. The van der Waals surface area contributed by atoms with Gasteiger partial charge in [-0.15, -0.1) is 0 Å². The van der Waals surface area contributed by atoms with Crippen molar-refractivity contribution in [3.63, 3.8) is 0 Å². The molecule has 0 heteroatoms. The van der Waals surface area contributed by atoms with Gasteiger partial charge in [-0.2, -0.15) is 0 Å². The van der Waals surface area contributed by atoms with E-state index >= 15 is 0 Å². The first kappa shape index (κ1) is 10.7. The minimum absolute atomic E-state index is 0.464. The van der Waals surface area contributed by atoms with Crippen LogP contribution in [0.1, 0.15) is 52.9 Å². The lowest BCUT2D eigenvalue weighted by Gasteiger charge is -2.34. The number of hydrogen-bond acceptors (Lipinski definition) is 0. The van der Waals surface area contributed by atoms with Crippen LogP contribution in [0.3, 0.4) is 0 Å². The maximum absolute atomic E-state index is 2.44. The Morgan fingerprint density at radius 1 is 1.07 bits per heavy atom. The van der Waals surface area contributed by atoms with Gasteiger partial charge in [0.05, 0.1) is 0 Å². The van der Waals surface area contributed by atoms with Gasteiger partial charge >= 0.3 is 0 Å². The zero-order valence-corrected chi connectivity index (χ0v) is 10.3. The van der Waals surface area contributed by atoms with Crippen molar-refractivity contribution in [2.75, 3.05) is 0 Å². The molecule has 0 unspecified atom stereocenters. The Kier molecular flexibility index (Phi) is 2.86. The molecule has 0 heterocycles. The zero-order valence-electron chi connectivity index (χ0n) is 10.3. The van der Waals surface area contributed by atoms with Gasteiger partial charge in [0, 0.05) is 0 Å². The van der Waals surface area contributed by atoms with Crippen LogP contribution >= 0.6 is 0 Å². The molecular weight excluding hydrogens is 180 g/mol. The standard InChI is InChI=1S/C15H22/c1-12(2)13-7-8-14(11-13)15(3)9-5-4-6-10-15/h7-8,11H,4-6,9-10H2,1-3H3. The summed E-state index contributed by atoms with van der Waals surface area (Å²) in [7, 11) is 0. The molecule has 2 aliphatic carbocycles. The normalized spacial score (nSPS) is 24.2. The molecule has 0 radical (unpaired) electrons. The molecule has 2 rings (SSSR count). The van der Waals surface area contributed by atoms with Crippen molar-refractivity contribution in [2.45, 2.75) is 52.9 Å². The second kappa shape index (κ2) is 4.00. The van der Waals surface area contributed by atoms with Crippen LogP contribution in [-0.4, -0.2) is 0 Å². The average Bonchev–Trinajstić information content (AvgIpc) is 2.68. The Hall–Kier alpha value is -0.780. The highest BCUT2D eigenvalue weighted by molar-refractivity contribution is 5.50.